The zero-order chi connectivity index (χ0) is 20.0. The molecule has 0 aliphatic carbocycles. The van der Waals surface area contributed by atoms with Gasteiger partial charge in [0, 0.05) is 12.5 Å². The number of ether oxygens (including phenoxy) is 1. The number of esters is 1. The Morgan fingerprint density at radius 2 is 1.96 bits per heavy atom. The number of β-amino-alcohol motifs (C(OH)–C–C–N with tert-alkyl or cyclic N) is 1. The molecule has 1 aromatic rings. The first kappa shape index (κ1) is 20.4. The fourth-order valence-electron chi connectivity index (χ4n) is 2.63. The molecule has 1 unspecified atom stereocenters. The van der Waals surface area contributed by atoms with E-state index in [2.05, 4.69) is 10.6 Å². The van der Waals surface area contributed by atoms with Gasteiger partial charge >= 0.3 is 5.97 Å². The first-order chi connectivity index (χ1) is 12.9. The number of anilines is 2. The van der Waals surface area contributed by atoms with E-state index in [1.54, 1.807) is 24.3 Å². The number of nitrogens with one attached hydrogen (secondary N) is 2. The van der Waals surface area contributed by atoms with E-state index in [1.165, 1.54) is 12.0 Å². The van der Waals surface area contributed by atoms with E-state index in [1.807, 2.05) is 13.8 Å². The maximum absolute atomic E-state index is 12.6. The van der Waals surface area contributed by atoms with E-state index in [4.69, 9.17) is 9.84 Å². The van der Waals surface area contributed by atoms with Crippen molar-refractivity contribution in [2.75, 3.05) is 37.4 Å². The first-order valence-electron chi connectivity index (χ1n) is 8.81. The number of carbonyl (C=O) groups excluding carboxylic acids is 3. The largest absolute Gasteiger partial charge is 0.466 e. The highest BCUT2D eigenvalue weighted by atomic mass is 16.5. The van der Waals surface area contributed by atoms with Gasteiger partial charge in [-0.2, -0.15) is 0 Å². The number of aliphatic hydroxyl groups excluding tert-OH is 1. The average Bonchev–Trinajstić information content (AvgIpc) is 2.98. The zero-order valence-electron chi connectivity index (χ0n) is 15.7. The molecule has 3 N–H and O–H groups in total. The molecule has 27 heavy (non-hydrogen) atoms. The van der Waals surface area contributed by atoms with Crippen molar-refractivity contribution in [3.63, 3.8) is 0 Å². The third-order valence-electron chi connectivity index (χ3n) is 4.46. The third-order valence-corrected chi connectivity index (χ3v) is 4.46. The van der Waals surface area contributed by atoms with Gasteiger partial charge in [-0.1, -0.05) is 26.0 Å². The lowest BCUT2D eigenvalue weighted by Gasteiger charge is -2.17. The number of hydrogen-bond donors (Lipinski definition) is 3. The molecule has 8 nitrogen and oxygen atoms in total. The summed E-state index contributed by atoms with van der Waals surface area (Å²) in [5, 5.41) is 14.9. The van der Waals surface area contributed by atoms with Gasteiger partial charge in [0.2, 0.25) is 5.91 Å². The van der Waals surface area contributed by atoms with Crippen LogP contribution < -0.4 is 10.6 Å². The second-order valence-corrected chi connectivity index (χ2v) is 6.26. The molecule has 0 spiro atoms. The van der Waals surface area contributed by atoms with Crippen LogP contribution in [0.3, 0.4) is 0 Å². The van der Waals surface area contributed by atoms with Crippen molar-refractivity contribution in [3.8, 4) is 0 Å². The number of amides is 2. The average molecular weight is 375 g/mol. The van der Waals surface area contributed by atoms with Crippen LogP contribution in [0, 0.1) is 5.92 Å². The van der Waals surface area contributed by atoms with Crippen LogP contribution in [-0.2, 0) is 19.1 Å². The van der Waals surface area contributed by atoms with Gasteiger partial charge in [0.15, 0.2) is 0 Å². The zero-order valence-corrected chi connectivity index (χ0v) is 15.7. The van der Waals surface area contributed by atoms with Gasteiger partial charge < -0.3 is 25.4 Å². The molecule has 0 saturated carbocycles. The number of carbonyl (C=O) groups is 3. The molecule has 0 radical (unpaired) electrons. The summed E-state index contributed by atoms with van der Waals surface area (Å²) in [7, 11) is 1.24. The molecule has 1 aliphatic heterocycles. The Kier molecular flexibility index (Phi) is 6.95. The Bertz CT molecular complexity index is 759. The van der Waals surface area contributed by atoms with Gasteiger partial charge in [0.25, 0.3) is 5.91 Å². The summed E-state index contributed by atoms with van der Waals surface area (Å²) in [4.78, 5) is 38.3. The van der Waals surface area contributed by atoms with E-state index in [0.717, 1.165) is 0 Å². The van der Waals surface area contributed by atoms with E-state index in [0.29, 0.717) is 17.8 Å². The van der Waals surface area contributed by atoms with Crippen molar-refractivity contribution in [2.45, 2.75) is 20.3 Å². The van der Waals surface area contributed by atoms with Crippen molar-refractivity contribution in [2.24, 2.45) is 5.92 Å². The van der Waals surface area contributed by atoms with Crippen LogP contribution in [0.2, 0.25) is 0 Å². The predicted octanol–water partition coefficient (Wildman–Crippen LogP) is 1.34. The SMILES string of the molecule is CCC(C)C(=O)Nc1ccccc1NC1=C(C(=O)OC)CN(CCO)C1=O. The number of methoxy groups -OCH3 is 1. The number of benzene rings is 1. The standard InChI is InChI=1S/C19H25N3O5/c1-4-12(2)17(24)21-15-8-6-5-7-14(15)20-16-13(19(26)27-3)11-22(9-10-23)18(16)25/h5-8,12,20,23H,4,9-11H2,1-3H3,(H,21,24). The van der Waals surface area contributed by atoms with Gasteiger partial charge in [-0.05, 0) is 18.6 Å². The molecule has 0 aromatic heterocycles. The molecule has 0 fully saturated rings. The summed E-state index contributed by atoms with van der Waals surface area (Å²) >= 11 is 0. The molecule has 2 rings (SSSR count). The fraction of sp³-hybridized carbons (Fsp3) is 0.421. The van der Waals surface area contributed by atoms with E-state index >= 15 is 0 Å². The molecule has 0 bridgehead atoms. The molecular weight excluding hydrogens is 350 g/mol. The maximum atomic E-state index is 12.6. The first-order valence-corrected chi connectivity index (χ1v) is 8.81. The molecule has 1 aromatic carbocycles. The monoisotopic (exact) mass is 375 g/mol. The van der Waals surface area contributed by atoms with E-state index in [9.17, 15) is 14.4 Å². The second-order valence-electron chi connectivity index (χ2n) is 6.26. The Balaban J connectivity index is 2.32. The quantitative estimate of drug-likeness (QED) is 0.592. The summed E-state index contributed by atoms with van der Waals surface area (Å²) in [6.07, 6.45) is 0.702. The number of hydrogen-bond acceptors (Lipinski definition) is 6. The highest BCUT2D eigenvalue weighted by molar-refractivity contribution is 6.09. The number of rotatable bonds is 8. The highest BCUT2D eigenvalue weighted by Crippen LogP contribution is 2.28. The number of aliphatic hydroxyl groups is 1. The topological polar surface area (TPSA) is 108 Å². The summed E-state index contributed by atoms with van der Waals surface area (Å²) in [6, 6.07) is 6.94. The molecule has 0 saturated heterocycles. The second kappa shape index (κ2) is 9.18. The van der Waals surface area contributed by atoms with Gasteiger partial charge in [0.1, 0.15) is 5.70 Å². The highest BCUT2D eigenvalue weighted by Gasteiger charge is 2.34. The van der Waals surface area contributed by atoms with Crippen LogP contribution in [0.1, 0.15) is 20.3 Å². The fourth-order valence-corrected chi connectivity index (χ4v) is 2.63. The number of nitrogens with zero attached hydrogens (tertiary/aromatic N) is 1. The summed E-state index contributed by atoms with van der Waals surface area (Å²) < 4.78 is 4.77. The minimum atomic E-state index is -0.618. The normalized spacial score (nSPS) is 15.0. The van der Waals surface area contributed by atoms with Gasteiger partial charge in [-0.25, -0.2) is 4.79 Å². The minimum absolute atomic E-state index is 0.0514. The van der Waals surface area contributed by atoms with Crippen LogP contribution in [-0.4, -0.2) is 54.6 Å². The van der Waals surface area contributed by atoms with Crippen molar-refractivity contribution < 1.29 is 24.2 Å². The molecule has 1 aliphatic rings. The smallest absolute Gasteiger partial charge is 0.337 e. The van der Waals surface area contributed by atoms with E-state index < -0.39 is 11.9 Å². The summed E-state index contributed by atoms with van der Waals surface area (Å²) in [5.74, 6) is -1.32. The van der Waals surface area contributed by atoms with Crippen molar-refractivity contribution in [1.29, 1.82) is 0 Å². The van der Waals surface area contributed by atoms with E-state index in [-0.39, 0.29) is 42.8 Å². The van der Waals surface area contributed by atoms with Crippen LogP contribution in [0.5, 0.6) is 0 Å². The van der Waals surface area contributed by atoms with Crippen molar-refractivity contribution >= 4 is 29.2 Å². The van der Waals surface area contributed by atoms with Crippen LogP contribution in [0.25, 0.3) is 0 Å². The van der Waals surface area contributed by atoms with Crippen LogP contribution in [0.4, 0.5) is 11.4 Å². The summed E-state index contributed by atoms with van der Waals surface area (Å²) in [6.45, 7) is 3.70. The van der Waals surface area contributed by atoms with Crippen molar-refractivity contribution in [3.05, 3.63) is 35.5 Å². The van der Waals surface area contributed by atoms with Crippen molar-refractivity contribution in [1.82, 2.24) is 4.90 Å². The lowest BCUT2D eigenvalue weighted by atomic mass is 10.1. The van der Waals surface area contributed by atoms with Gasteiger partial charge in [0.05, 0.1) is 37.2 Å². The Hall–Kier alpha value is -2.87. The molecular formula is C19H25N3O5. The van der Waals surface area contributed by atoms with Gasteiger partial charge in [-0.3, -0.25) is 9.59 Å². The maximum Gasteiger partial charge on any atom is 0.337 e. The molecule has 2 amide bonds. The molecule has 1 atom stereocenters. The lowest BCUT2D eigenvalue weighted by molar-refractivity contribution is -0.136. The summed E-state index contributed by atoms with van der Waals surface area (Å²) in [5.41, 5.74) is 1.26. The van der Waals surface area contributed by atoms with Crippen LogP contribution in [0.15, 0.2) is 35.5 Å². The minimum Gasteiger partial charge on any atom is -0.466 e. The Morgan fingerprint density at radius 1 is 1.30 bits per heavy atom. The molecule has 1 heterocycles. The predicted molar refractivity (Wildman–Crippen MR) is 101 cm³/mol. The molecule has 8 heteroatoms. The Morgan fingerprint density at radius 3 is 2.56 bits per heavy atom. The van der Waals surface area contributed by atoms with Gasteiger partial charge in [-0.15, -0.1) is 0 Å². The lowest BCUT2D eigenvalue weighted by Crippen LogP contribution is -2.31. The molecule has 146 valence electrons. The third kappa shape index (κ3) is 4.65. The van der Waals surface area contributed by atoms with Crippen LogP contribution >= 0.6 is 0 Å². The Labute approximate surface area is 158 Å². The number of para-hydroxylation sites is 2.